The Labute approximate surface area is 112 Å². The molecule has 0 spiro atoms. The van der Waals surface area contributed by atoms with E-state index in [9.17, 15) is 14.6 Å². The van der Waals surface area contributed by atoms with Gasteiger partial charge in [-0.2, -0.15) is 0 Å². The molecule has 10 heteroatoms. The third kappa shape index (κ3) is 1.81. The molecule has 1 saturated heterocycles. The van der Waals surface area contributed by atoms with Crippen LogP contribution in [0.4, 0.5) is 10.2 Å². The number of fused-ring (bicyclic) bond motifs is 1. The highest BCUT2D eigenvalue weighted by molar-refractivity contribution is 5.81. The van der Waals surface area contributed by atoms with Gasteiger partial charge in [0.05, 0.1) is 6.33 Å². The van der Waals surface area contributed by atoms with E-state index >= 15 is 0 Å². The van der Waals surface area contributed by atoms with Crippen molar-refractivity contribution < 1.29 is 19.3 Å². The van der Waals surface area contributed by atoms with Gasteiger partial charge in [-0.25, -0.2) is 19.3 Å². The average molecular weight is 284 g/mol. The summed E-state index contributed by atoms with van der Waals surface area (Å²) in [6, 6.07) is 0. The summed E-state index contributed by atoms with van der Waals surface area (Å²) in [4.78, 5) is 11.8. The Morgan fingerprint density at radius 3 is 2.80 bits per heavy atom. The highest BCUT2D eigenvalue weighted by Gasteiger charge is 2.47. The normalized spacial score (nSPS) is 31.8. The first-order chi connectivity index (χ1) is 9.50. The predicted molar refractivity (Wildman–Crippen MR) is 64.7 cm³/mol. The van der Waals surface area contributed by atoms with Gasteiger partial charge in [0, 0.05) is 0 Å². The molecule has 108 valence electrons. The second-order valence-electron chi connectivity index (χ2n) is 4.50. The van der Waals surface area contributed by atoms with Crippen LogP contribution in [0.2, 0.25) is 0 Å². The first kappa shape index (κ1) is 13.1. The molecule has 20 heavy (non-hydrogen) atoms. The Morgan fingerprint density at radius 1 is 1.40 bits per heavy atom. The number of rotatable bonds is 2. The number of anilines is 1. The molecular weight excluding hydrogens is 271 g/mol. The molecule has 0 bridgehead atoms. The second-order valence-corrected chi connectivity index (χ2v) is 4.50. The zero-order valence-electron chi connectivity index (χ0n) is 10.2. The number of imidazole rings is 1. The summed E-state index contributed by atoms with van der Waals surface area (Å²) in [6.07, 6.45) is -4.78. The van der Waals surface area contributed by atoms with Crippen molar-refractivity contribution >= 4 is 17.0 Å². The molecule has 1 fully saturated rings. The molecule has 0 saturated carbocycles. The van der Waals surface area contributed by atoms with Crippen LogP contribution in [0.3, 0.4) is 0 Å². The van der Waals surface area contributed by atoms with Gasteiger partial charge in [0.1, 0.15) is 30.3 Å². The van der Waals surface area contributed by atoms with Crippen molar-refractivity contribution in [2.45, 2.75) is 30.8 Å². The van der Waals surface area contributed by atoms with Crippen LogP contribution in [0.1, 0.15) is 6.23 Å². The Kier molecular flexibility index (Phi) is 3.01. The van der Waals surface area contributed by atoms with Gasteiger partial charge >= 0.3 is 0 Å². The van der Waals surface area contributed by atoms with Crippen molar-refractivity contribution in [1.29, 1.82) is 0 Å². The molecule has 2 aromatic heterocycles. The van der Waals surface area contributed by atoms with E-state index in [4.69, 9.17) is 16.2 Å². The van der Waals surface area contributed by atoms with Crippen molar-refractivity contribution in [2.24, 2.45) is 5.73 Å². The van der Waals surface area contributed by atoms with Gasteiger partial charge < -0.3 is 26.4 Å². The number of aliphatic hydroxyl groups is 2. The van der Waals surface area contributed by atoms with E-state index in [1.165, 1.54) is 17.2 Å². The second kappa shape index (κ2) is 4.59. The van der Waals surface area contributed by atoms with Crippen LogP contribution in [-0.4, -0.2) is 54.3 Å². The van der Waals surface area contributed by atoms with Gasteiger partial charge in [-0.15, -0.1) is 0 Å². The van der Waals surface area contributed by atoms with Crippen LogP contribution < -0.4 is 11.5 Å². The number of nitrogens with two attached hydrogens (primary N) is 2. The number of ether oxygens (including phenoxy) is 1. The third-order valence-electron chi connectivity index (χ3n) is 3.23. The fourth-order valence-electron chi connectivity index (χ4n) is 2.22. The van der Waals surface area contributed by atoms with Gasteiger partial charge in [0.15, 0.2) is 23.9 Å². The first-order valence-electron chi connectivity index (χ1n) is 5.85. The lowest BCUT2D eigenvalue weighted by Crippen LogP contribution is -2.41. The summed E-state index contributed by atoms with van der Waals surface area (Å²) in [6.45, 7) is 0. The van der Waals surface area contributed by atoms with Crippen molar-refractivity contribution in [3.63, 3.8) is 0 Å². The lowest BCUT2D eigenvalue weighted by molar-refractivity contribution is -0.0762. The monoisotopic (exact) mass is 284 g/mol. The quantitative estimate of drug-likeness (QED) is 0.476. The van der Waals surface area contributed by atoms with Gasteiger partial charge in [-0.05, 0) is 0 Å². The largest absolute Gasteiger partial charge is 0.385 e. The molecule has 9 nitrogen and oxygen atoms in total. The molecule has 0 aromatic carbocycles. The van der Waals surface area contributed by atoms with Crippen molar-refractivity contribution in [1.82, 2.24) is 19.5 Å². The number of halogens is 1. The van der Waals surface area contributed by atoms with Crippen LogP contribution >= 0.6 is 0 Å². The molecule has 6 N–H and O–H groups in total. The first-order valence-corrected chi connectivity index (χ1v) is 5.85. The maximum Gasteiger partial charge on any atom is 0.167 e. The molecule has 0 radical (unpaired) electrons. The molecule has 1 aliphatic heterocycles. The van der Waals surface area contributed by atoms with E-state index in [1.807, 2.05) is 0 Å². The molecule has 3 rings (SSSR count). The minimum Gasteiger partial charge on any atom is -0.385 e. The van der Waals surface area contributed by atoms with Crippen molar-refractivity contribution in [3.8, 4) is 0 Å². The van der Waals surface area contributed by atoms with E-state index in [0.29, 0.717) is 11.2 Å². The number of alkyl halides is 1. The van der Waals surface area contributed by atoms with Crippen LogP contribution in [-0.2, 0) is 4.74 Å². The number of aromatic nitrogens is 4. The summed E-state index contributed by atoms with van der Waals surface area (Å²) < 4.78 is 20.4. The topological polar surface area (TPSA) is 145 Å². The van der Waals surface area contributed by atoms with E-state index in [2.05, 4.69) is 15.0 Å². The molecule has 3 heterocycles. The fraction of sp³-hybridized carbons (Fsp3) is 0.500. The van der Waals surface area contributed by atoms with Crippen molar-refractivity contribution in [2.75, 3.05) is 5.73 Å². The summed E-state index contributed by atoms with van der Waals surface area (Å²) >= 11 is 0. The maximum absolute atomic E-state index is 13.8. The summed E-state index contributed by atoms with van der Waals surface area (Å²) in [5, 5.41) is 19.1. The van der Waals surface area contributed by atoms with Crippen LogP contribution in [0.5, 0.6) is 0 Å². The van der Waals surface area contributed by atoms with E-state index in [-0.39, 0.29) is 5.82 Å². The minimum absolute atomic E-state index is 0.161. The molecule has 0 aliphatic carbocycles. The highest BCUT2D eigenvalue weighted by Crippen LogP contribution is 2.34. The minimum atomic E-state index is -1.82. The van der Waals surface area contributed by atoms with Gasteiger partial charge in [0.2, 0.25) is 0 Å². The standard InChI is InChI=1S/C10H13FN6O3/c11-3-5(18)10(20-6(3)8(13)19)17-2-16-4-7(12)14-1-15-9(4)17/h1-3,5-6,8,10,18-19H,13H2,(H2,12,14,15)/t3?,5-,6+,8?,10-/m1/s1. The molecule has 0 amide bonds. The summed E-state index contributed by atoms with van der Waals surface area (Å²) in [5.41, 5.74) is 11.5. The van der Waals surface area contributed by atoms with Crippen molar-refractivity contribution in [3.05, 3.63) is 12.7 Å². The number of nitrogens with zero attached hydrogens (tertiary/aromatic N) is 4. The number of hydrogen-bond acceptors (Lipinski definition) is 8. The van der Waals surface area contributed by atoms with Gasteiger partial charge in [0.25, 0.3) is 0 Å². The smallest absolute Gasteiger partial charge is 0.167 e. The Hall–Kier alpha value is -1.88. The molecule has 2 aromatic rings. The third-order valence-corrected chi connectivity index (χ3v) is 3.23. The van der Waals surface area contributed by atoms with Gasteiger partial charge in [-0.3, -0.25) is 4.57 Å². The van der Waals surface area contributed by atoms with Crippen LogP contribution in [0.25, 0.3) is 11.2 Å². The molecular formula is C10H13FN6O3. The lowest BCUT2D eigenvalue weighted by Gasteiger charge is -2.17. The highest BCUT2D eigenvalue weighted by atomic mass is 19.1. The Bertz CT molecular complexity index is 634. The number of hydrogen-bond donors (Lipinski definition) is 4. The Balaban J connectivity index is 2.02. The Morgan fingerprint density at radius 2 is 2.15 bits per heavy atom. The summed E-state index contributed by atoms with van der Waals surface area (Å²) in [5.74, 6) is 0.161. The molecule has 1 aliphatic rings. The maximum atomic E-state index is 13.8. The van der Waals surface area contributed by atoms with Crippen LogP contribution in [0.15, 0.2) is 12.7 Å². The lowest BCUT2D eigenvalue weighted by atomic mass is 10.1. The zero-order valence-corrected chi connectivity index (χ0v) is 10.2. The average Bonchev–Trinajstić information content (AvgIpc) is 2.94. The number of aliphatic hydroxyl groups excluding tert-OH is 2. The van der Waals surface area contributed by atoms with E-state index in [1.54, 1.807) is 0 Å². The zero-order chi connectivity index (χ0) is 14.4. The SMILES string of the molecule is Nc1ncnc2c1ncn2[C@@H]1O[C@H](C(N)O)C(F)[C@H]1O. The summed E-state index contributed by atoms with van der Waals surface area (Å²) in [7, 11) is 0. The van der Waals surface area contributed by atoms with E-state index in [0.717, 1.165) is 0 Å². The number of nitrogen functional groups attached to an aromatic ring is 1. The fourth-order valence-corrected chi connectivity index (χ4v) is 2.22. The predicted octanol–water partition coefficient (Wildman–Crippen LogP) is -1.72. The van der Waals surface area contributed by atoms with Gasteiger partial charge in [-0.1, -0.05) is 0 Å². The van der Waals surface area contributed by atoms with E-state index < -0.39 is 30.8 Å². The van der Waals surface area contributed by atoms with Crippen LogP contribution in [0, 0.1) is 0 Å². The molecule has 5 atom stereocenters. The molecule has 2 unspecified atom stereocenters.